The van der Waals surface area contributed by atoms with Gasteiger partial charge in [-0.15, -0.1) is 0 Å². The van der Waals surface area contributed by atoms with E-state index in [2.05, 4.69) is 0 Å². The van der Waals surface area contributed by atoms with E-state index in [0.29, 0.717) is 6.42 Å². The molecule has 0 aliphatic carbocycles. The van der Waals surface area contributed by atoms with E-state index in [1.807, 2.05) is 31.2 Å². The molecule has 0 saturated carbocycles. The topological polar surface area (TPSA) is 57.7 Å². The largest absolute Gasteiger partial charge is 0.309 e. The van der Waals surface area contributed by atoms with E-state index < -0.39 is 15.8 Å². The lowest BCUT2D eigenvalue weighted by atomic mass is 10.1. The molecule has 2 aromatic carbocycles. The van der Waals surface area contributed by atoms with Gasteiger partial charge in [0.15, 0.2) is 0 Å². The third-order valence-corrected chi connectivity index (χ3v) is 5.93. The van der Waals surface area contributed by atoms with Gasteiger partial charge in [0, 0.05) is 24.7 Å². The molecule has 2 aromatic rings. The van der Waals surface area contributed by atoms with Crippen molar-refractivity contribution in [1.82, 2.24) is 0 Å². The summed E-state index contributed by atoms with van der Waals surface area (Å²) in [6.07, 6.45) is 2.36. The number of sulfonamides is 1. The van der Waals surface area contributed by atoms with Crippen LogP contribution in [0.5, 0.6) is 0 Å². The van der Waals surface area contributed by atoms with Crippen LogP contribution in [0.3, 0.4) is 0 Å². The molecule has 0 N–H and O–H groups in total. The minimum Gasteiger partial charge on any atom is -0.309 e. The molecule has 5 nitrogen and oxygen atoms in total. The predicted octanol–water partition coefficient (Wildman–Crippen LogP) is 3.35. The highest BCUT2D eigenvalue weighted by molar-refractivity contribution is 7.92. The molecule has 1 heterocycles. The van der Waals surface area contributed by atoms with E-state index in [-0.39, 0.29) is 30.6 Å². The number of hydrogen-bond acceptors (Lipinski definition) is 3. The van der Waals surface area contributed by atoms with Gasteiger partial charge in [-0.1, -0.05) is 30.3 Å². The SMILES string of the molecule is C[C@@H]1Cc2ccccc2N1C(=O)CCCN(c1ccccc1F)S(C)(=O)=O. The minimum absolute atomic E-state index is 0.00679. The van der Waals surface area contributed by atoms with Crippen molar-refractivity contribution in [3.63, 3.8) is 0 Å². The molecular weight excluding hydrogens is 367 g/mol. The smallest absolute Gasteiger partial charge is 0.232 e. The average Bonchev–Trinajstić information content (AvgIpc) is 2.94. The number of nitrogens with zero attached hydrogens (tertiary/aromatic N) is 2. The first-order valence-corrected chi connectivity index (χ1v) is 10.8. The monoisotopic (exact) mass is 390 g/mol. The van der Waals surface area contributed by atoms with Crippen LogP contribution in [-0.2, 0) is 21.2 Å². The maximum absolute atomic E-state index is 14.0. The zero-order valence-corrected chi connectivity index (χ0v) is 16.2. The number of anilines is 2. The Morgan fingerprint density at radius 1 is 1.19 bits per heavy atom. The second kappa shape index (κ2) is 7.68. The van der Waals surface area contributed by atoms with E-state index in [9.17, 15) is 17.6 Å². The fraction of sp³-hybridized carbons (Fsp3) is 0.350. The fourth-order valence-corrected chi connectivity index (χ4v) is 4.52. The maximum atomic E-state index is 14.0. The first-order chi connectivity index (χ1) is 12.8. The van der Waals surface area contributed by atoms with Gasteiger partial charge >= 0.3 is 0 Å². The summed E-state index contributed by atoms with van der Waals surface area (Å²) in [5.41, 5.74) is 2.07. The van der Waals surface area contributed by atoms with Crippen molar-refractivity contribution >= 4 is 27.3 Å². The van der Waals surface area contributed by atoms with Gasteiger partial charge in [-0.2, -0.15) is 0 Å². The standard InChI is InChI=1S/C20H23FN2O3S/c1-15-14-16-8-3-5-10-18(16)23(15)20(24)12-7-13-22(27(2,25)26)19-11-6-4-9-17(19)21/h3-6,8-11,15H,7,12-14H2,1-2H3/t15-/m1/s1. The van der Waals surface area contributed by atoms with Gasteiger partial charge in [0.25, 0.3) is 0 Å². The summed E-state index contributed by atoms with van der Waals surface area (Å²) in [5.74, 6) is -0.647. The number of hydrogen-bond donors (Lipinski definition) is 0. The Morgan fingerprint density at radius 2 is 1.85 bits per heavy atom. The third kappa shape index (κ3) is 4.13. The van der Waals surface area contributed by atoms with Gasteiger partial charge in [0.1, 0.15) is 5.82 Å². The number of amides is 1. The summed E-state index contributed by atoms with van der Waals surface area (Å²) < 4.78 is 39.3. The molecular formula is C20H23FN2O3S. The Morgan fingerprint density at radius 3 is 2.56 bits per heavy atom. The molecule has 1 aliphatic heterocycles. The molecule has 0 radical (unpaired) electrons. The van der Waals surface area contributed by atoms with Crippen LogP contribution in [0.25, 0.3) is 0 Å². The van der Waals surface area contributed by atoms with E-state index in [1.54, 1.807) is 11.0 Å². The van der Waals surface area contributed by atoms with Gasteiger partial charge in [-0.05, 0) is 43.5 Å². The Bertz CT molecular complexity index is 946. The second-order valence-corrected chi connectivity index (χ2v) is 8.74. The van der Waals surface area contributed by atoms with Crippen molar-refractivity contribution in [2.24, 2.45) is 0 Å². The normalized spacial score (nSPS) is 16.3. The lowest BCUT2D eigenvalue weighted by Gasteiger charge is -2.25. The van der Waals surface area contributed by atoms with Crippen molar-refractivity contribution in [2.75, 3.05) is 22.0 Å². The lowest BCUT2D eigenvalue weighted by Crippen LogP contribution is -2.37. The molecule has 0 fully saturated rings. The van der Waals surface area contributed by atoms with Crippen molar-refractivity contribution in [3.8, 4) is 0 Å². The van der Waals surface area contributed by atoms with Crippen LogP contribution in [0.4, 0.5) is 15.8 Å². The van der Waals surface area contributed by atoms with Crippen LogP contribution in [0.2, 0.25) is 0 Å². The fourth-order valence-electron chi connectivity index (χ4n) is 3.56. The number of carbonyl (C=O) groups excluding carboxylic acids is 1. The summed E-state index contributed by atoms with van der Waals surface area (Å²) in [4.78, 5) is 14.5. The van der Waals surface area contributed by atoms with Gasteiger partial charge in [0.05, 0.1) is 11.9 Å². The summed E-state index contributed by atoms with van der Waals surface area (Å²) >= 11 is 0. The third-order valence-electron chi connectivity index (χ3n) is 4.75. The van der Waals surface area contributed by atoms with Crippen LogP contribution in [0.15, 0.2) is 48.5 Å². The molecule has 0 aromatic heterocycles. The molecule has 27 heavy (non-hydrogen) atoms. The molecule has 0 bridgehead atoms. The van der Waals surface area contributed by atoms with Crippen molar-refractivity contribution < 1.29 is 17.6 Å². The summed E-state index contributed by atoms with van der Waals surface area (Å²) in [6, 6.07) is 13.6. The van der Waals surface area contributed by atoms with E-state index >= 15 is 0 Å². The van der Waals surface area contributed by atoms with E-state index in [1.165, 1.54) is 18.2 Å². The maximum Gasteiger partial charge on any atom is 0.232 e. The minimum atomic E-state index is -3.65. The van der Waals surface area contributed by atoms with Crippen LogP contribution < -0.4 is 9.21 Å². The number of fused-ring (bicyclic) bond motifs is 1. The first-order valence-electron chi connectivity index (χ1n) is 8.91. The number of para-hydroxylation sites is 2. The summed E-state index contributed by atoms with van der Waals surface area (Å²) in [7, 11) is -3.65. The quantitative estimate of drug-likeness (QED) is 0.760. The molecule has 0 spiro atoms. The Kier molecular flexibility index (Phi) is 5.51. The van der Waals surface area contributed by atoms with Crippen molar-refractivity contribution in [3.05, 3.63) is 59.9 Å². The Hall–Kier alpha value is -2.41. The summed E-state index contributed by atoms with van der Waals surface area (Å²) in [5, 5.41) is 0. The highest BCUT2D eigenvalue weighted by Crippen LogP contribution is 2.32. The lowest BCUT2D eigenvalue weighted by molar-refractivity contribution is -0.118. The summed E-state index contributed by atoms with van der Waals surface area (Å²) in [6.45, 7) is 2.05. The highest BCUT2D eigenvalue weighted by atomic mass is 32.2. The van der Waals surface area contributed by atoms with Gasteiger partial charge < -0.3 is 4.90 Å². The predicted molar refractivity (Wildman–Crippen MR) is 105 cm³/mol. The van der Waals surface area contributed by atoms with Crippen molar-refractivity contribution in [2.45, 2.75) is 32.2 Å². The Labute approximate surface area is 159 Å². The molecule has 1 amide bonds. The van der Waals surface area contributed by atoms with Crippen LogP contribution in [0, 0.1) is 5.82 Å². The highest BCUT2D eigenvalue weighted by Gasteiger charge is 2.30. The number of rotatable bonds is 6. The first kappa shape index (κ1) is 19.4. The molecule has 7 heteroatoms. The van der Waals surface area contributed by atoms with Crippen molar-refractivity contribution in [1.29, 1.82) is 0 Å². The second-order valence-electron chi connectivity index (χ2n) is 6.84. The van der Waals surface area contributed by atoms with Gasteiger partial charge in [-0.3, -0.25) is 9.10 Å². The van der Waals surface area contributed by atoms with Gasteiger partial charge in [-0.25, -0.2) is 12.8 Å². The molecule has 0 unspecified atom stereocenters. The number of carbonyl (C=O) groups is 1. The number of halogens is 1. The molecule has 1 aliphatic rings. The van der Waals surface area contributed by atoms with Crippen LogP contribution in [0.1, 0.15) is 25.3 Å². The van der Waals surface area contributed by atoms with E-state index in [4.69, 9.17) is 0 Å². The number of benzene rings is 2. The van der Waals surface area contributed by atoms with Crippen LogP contribution >= 0.6 is 0 Å². The van der Waals surface area contributed by atoms with E-state index in [0.717, 1.165) is 28.2 Å². The molecule has 0 saturated heterocycles. The zero-order chi connectivity index (χ0) is 19.6. The van der Waals surface area contributed by atoms with Crippen LogP contribution in [-0.4, -0.2) is 33.2 Å². The molecule has 144 valence electrons. The average molecular weight is 390 g/mol. The molecule has 3 rings (SSSR count). The zero-order valence-electron chi connectivity index (χ0n) is 15.4. The van der Waals surface area contributed by atoms with Gasteiger partial charge in [0.2, 0.25) is 15.9 Å². The molecule has 1 atom stereocenters. The Balaban J connectivity index is 1.69.